The van der Waals surface area contributed by atoms with E-state index in [4.69, 9.17) is 4.74 Å². The van der Waals surface area contributed by atoms with E-state index in [2.05, 4.69) is 16.5 Å². The van der Waals surface area contributed by atoms with Gasteiger partial charge in [-0.05, 0) is 13.0 Å². The fourth-order valence-corrected chi connectivity index (χ4v) is 3.17. The van der Waals surface area contributed by atoms with Crippen LogP contribution in [-0.2, 0) is 14.9 Å². The Morgan fingerprint density at radius 2 is 2.12 bits per heavy atom. The number of methoxy groups -OCH3 is 1. The Kier molecular flexibility index (Phi) is 5.33. The van der Waals surface area contributed by atoms with Gasteiger partial charge in [-0.25, -0.2) is 0 Å². The van der Waals surface area contributed by atoms with Crippen LogP contribution in [-0.4, -0.2) is 71.1 Å². The van der Waals surface area contributed by atoms with E-state index >= 15 is 0 Å². The summed E-state index contributed by atoms with van der Waals surface area (Å²) in [5.41, 5.74) is 0. The second-order valence-corrected chi connectivity index (χ2v) is 6.55. The van der Waals surface area contributed by atoms with Gasteiger partial charge in [0.1, 0.15) is 0 Å². The molecule has 2 atom stereocenters. The number of nitrogens with zero attached hydrogens (tertiary/aromatic N) is 2. The Bertz CT molecular complexity index is 334. The molecule has 0 aliphatic carbocycles. The number of likely N-dealkylation sites (tertiary alicyclic amines) is 1. The molecule has 6 nitrogen and oxygen atoms in total. The summed E-state index contributed by atoms with van der Waals surface area (Å²) in [6.07, 6.45) is 0. The molecule has 1 rings (SSSR count). The normalized spacial score (nSPS) is 26.9. The maximum atomic E-state index is 12.0. The van der Waals surface area contributed by atoms with Gasteiger partial charge in [0.15, 0.2) is 0 Å². The van der Waals surface area contributed by atoms with Crippen LogP contribution < -0.4 is 4.72 Å². The van der Waals surface area contributed by atoms with Gasteiger partial charge >= 0.3 is 0 Å². The first-order chi connectivity index (χ1) is 7.86. The molecule has 0 aromatic carbocycles. The Balaban J connectivity index is 2.54. The smallest absolute Gasteiger partial charge is 0.279 e. The molecule has 1 N–H and O–H groups in total. The van der Waals surface area contributed by atoms with Crippen molar-refractivity contribution in [2.75, 3.05) is 47.4 Å². The molecule has 17 heavy (non-hydrogen) atoms. The Morgan fingerprint density at radius 3 is 2.59 bits per heavy atom. The summed E-state index contributed by atoms with van der Waals surface area (Å²) in [5, 5.41) is 0. The minimum absolute atomic E-state index is 0.00463. The van der Waals surface area contributed by atoms with Crippen LogP contribution in [0.2, 0.25) is 0 Å². The fourth-order valence-electron chi connectivity index (χ4n) is 1.98. The van der Waals surface area contributed by atoms with Crippen LogP contribution in [0.3, 0.4) is 0 Å². The lowest BCUT2D eigenvalue weighted by atomic mass is 10.1. The standard InChI is InChI=1S/C10H23N3O3S/c1-9-7-12(2)8-10(9)11-17(14,15)13(3)5-6-16-4/h9-11H,5-8H2,1-4H3/t9-,10-/m0/s1. The monoisotopic (exact) mass is 265 g/mol. The second-order valence-electron chi connectivity index (χ2n) is 4.74. The molecule has 7 heteroatoms. The molecule has 1 heterocycles. The summed E-state index contributed by atoms with van der Waals surface area (Å²) in [4.78, 5) is 2.13. The van der Waals surface area contributed by atoms with Gasteiger partial charge < -0.3 is 9.64 Å². The number of likely N-dealkylation sites (N-methyl/N-ethyl adjacent to an activating group) is 2. The maximum Gasteiger partial charge on any atom is 0.279 e. The third-order valence-corrected chi connectivity index (χ3v) is 4.72. The summed E-state index contributed by atoms with van der Waals surface area (Å²) >= 11 is 0. The molecule has 1 aliphatic heterocycles. The van der Waals surface area contributed by atoms with Crippen molar-refractivity contribution in [2.45, 2.75) is 13.0 Å². The van der Waals surface area contributed by atoms with Crippen molar-refractivity contribution in [2.24, 2.45) is 5.92 Å². The van der Waals surface area contributed by atoms with E-state index in [0.29, 0.717) is 19.1 Å². The van der Waals surface area contributed by atoms with Crippen molar-refractivity contribution < 1.29 is 13.2 Å². The van der Waals surface area contributed by atoms with Crippen molar-refractivity contribution in [3.8, 4) is 0 Å². The molecule has 1 fully saturated rings. The highest BCUT2D eigenvalue weighted by atomic mass is 32.2. The summed E-state index contributed by atoms with van der Waals surface area (Å²) < 4.78 is 32.9. The molecule has 0 bridgehead atoms. The van der Waals surface area contributed by atoms with Gasteiger partial charge in [0.25, 0.3) is 10.2 Å². The quantitative estimate of drug-likeness (QED) is 0.693. The zero-order chi connectivity index (χ0) is 13.1. The van der Waals surface area contributed by atoms with E-state index in [-0.39, 0.29) is 6.04 Å². The summed E-state index contributed by atoms with van der Waals surface area (Å²) in [6.45, 7) is 4.51. The van der Waals surface area contributed by atoms with Crippen LogP contribution >= 0.6 is 0 Å². The highest BCUT2D eigenvalue weighted by Crippen LogP contribution is 2.15. The second kappa shape index (κ2) is 6.10. The zero-order valence-corrected chi connectivity index (χ0v) is 11.8. The molecule has 102 valence electrons. The van der Waals surface area contributed by atoms with Gasteiger partial charge in [-0.15, -0.1) is 0 Å². The highest BCUT2D eigenvalue weighted by molar-refractivity contribution is 7.87. The SMILES string of the molecule is COCCN(C)S(=O)(=O)N[C@H]1CN(C)C[C@@H]1C. The van der Waals surface area contributed by atoms with Crippen molar-refractivity contribution in [1.29, 1.82) is 0 Å². The summed E-state index contributed by atoms with van der Waals surface area (Å²) in [6, 6.07) is -0.00463. The molecule has 0 radical (unpaired) electrons. The van der Waals surface area contributed by atoms with E-state index in [1.54, 1.807) is 14.2 Å². The van der Waals surface area contributed by atoms with Gasteiger partial charge in [-0.3, -0.25) is 0 Å². The van der Waals surface area contributed by atoms with Gasteiger partial charge in [0.05, 0.1) is 6.61 Å². The number of rotatable bonds is 6. The van der Waals surface area contributed by atoms with Crippen molar-refractivity contribution in [3.05, 3.63) is 0 Å². The first-order valence-corrected chi connectivity index (χ1v) is 7.22. The van der Waals surface area contributed by atoms with Gasteiger partial charge in [0.2, 0.25) is 0 Å². The third kappa shape index (κ3) is 4.18. The minimum atomic E-state index is -3.40. The van der Waals surface area contributed by atoms with E-state index in [9.17, 15) is 8.42 Å². The van der Waals surface area contributed by atoms with Crippen molar-refractivity contribution in [1.82, 2.24) is 13.9 Å². The van der Waals surface area contributed by atoms with E-state index in [0.717, 1.165) is 13.1 Å². The van der Waals surface area contributed by atoms with Crippen LogP contribution in [0.25, 0.3) is 0 Å². The molecular formula is C10H23N3O3S. The highest BCUT2D eigenvalue weighted by Gasteiger charge is 2.31. The van der Waals surface area contributed by atoms with E-state index in [1.165, 1.54) is 4.31 Å². The van der Waals surface area contributed by atoms with Crippen molar-refractivity contribution in [3.63, 3.8) is 0 Å². The lowest BCUT2D eigenvalue weighted by Gasteiger charge is -2.22. The predicted molar refractivity (Wildman–Crippen MR) is 67.0 cm³/mol. The van der Waals surface area contributed by atoms with Crippen LogP contribution in [0.4, 0.5) is 0 Å². The Morgan fingerprint density at radius 1 is 1.47 bits per heavy atom. The first-order valence-electron chi connectivity index (χ1n) is 5.78. The number of ether oxygens (including phenoxy) is 1. The molecule has 0 amide bonds. The van der Waals surface area contributed by atoms with E-state index < -0.39 is 10.2 Å². The van der Waals surface area contributed by atoms with Crippen LogP contribution in [0.5, 0.6) is 0 Å². The van der Waals surface area contributed by atoms with Crippen LogP contribution in [0.1, 0.15) is 6.92 Å². The fraction of sp³-hybridized carbons (Fsp3) is 1.00. The van der Waals surface area contributed by atoms with Gasteiger partial charge in [0, 0.05) is 39.8 Å². The Hall–Kier alpha value is -0.210. The topological polar surface area (TPSA) is 61.9 Å². The van der Waals surface area contributed by atoms with Gasteiger partial charge in [-0.1, -0.05) is 6.92 Å². The van der Waals surface area contributed by atoms with E-state index in [1.807, 2.05) is 7.05 Å². The predicted octanol–water partition coefficient (Wildman–Crippen LogP) is -0.651. The zero-order valence-electron chi connectivity index (χ0n) is 11.0. The maximum absolute atomic E-state index is 12.0. The number of hydrogen-bond acceptors (Lipinski definition) is 4. The number of nitrogens with one attached hydrogen (secondary N) is 1. The van der Waals surface area contributed by atoms with Crippen LogP contribution in [0, 0.1) is 5.92 Å². The molecule has 0 unspecified atom stereocenters. The molecule has 0 aromatic rings. The lowest BCUT2D eigenvalue weighted by molar-refractivity contribution is 0.184. The Labute approximate surface area is 104 Å². The first kappa shape index (κ1) is 14.8. The molecule has 0 spiro atoms. The molecule has 1 aliphatic rings. The molecule has 0 saturated carbocycles. The molecule has 1 saturated heterocycles. The molecule has 0 aromatic heterocycles. The third-order valence-electron chi connectivity index (χ3n) is 3.12. The number of hydrogen-bond donors (Lipinski definition) is 1. The minimum Gasteiger partial charge on any atom is -0.383 e. The lowest BCUT2D eigenvalue weighted by Crippen LogP contribution is -2.47. The summed E-state index contributed by atoms with van der Waals surface area (Å²) in [5.74, 6) is 0.339. The average Bonchev–Trinajstić information content (AvgIpc) is 2.53. The largest absolute Gasteiger partial charge is 0.383 e. The summed E-state index contributed by atoms with van der Waals surface area (Å²) in [7, 11) is 1.72. The average molecular weight is 265 g/mol. The van der Waals surface area contributed by atoms with Gasteiger partial charge in [-0.2, -0.15) is 17.4 Å². The van der Waals surface area contributed by atoms with Crippen molar-refractivity contribution >= 4 is 10.2 Å². The molecular weight excluding hydrogens is 242 g/mol. The van der Waals surface area contributed by atoms with Crippen LogP contribution in [0.15, 0.2) is 0 Å².